The molecule has 0 atom stereocenters. The second kappa shape index (κ2) is 10.3. The Bertz CT molecular complexity index is 1060. The van der Waals surface area contributed by atoms with Crippen molar-refractivity contribution in [3.05, 3.63) is 46.2 Å². The molecule has 0 spiro atoms. The molecule has 9 heteroatoms. The van der Waals surface area contributed by atoms with Gasteiger partial charge in [0.2, 0.25) is 5.75 Å². The van der Waals surface area contributed by atoms with Gasteiger partial charge >= 0.3 is 0 Å². The molecule has 30 heavy (non-hydrogen) atoms. The predicted molar refractivity (Wildman–Crippen MR) is 121 cm³/mol. The topological polar surface area (TPSA) is 77.9 Å². The molecule has 0 saturated carbocycles. The van der Waals surface area contributed by atoms with Gasteiger partial charge in [0.05, 0.1) is 42.0 Å². The number of hydrogen-bond acceptors (Lipinski definition) is 7. The molecular weight excluding hydrogens is 427 g/mol. The van der Waals surface area contributed by atoms with Gasteiger partial charge in [0, 0.05) is 16.7 Å². The summed E-state index contributed by atoms with van der Waals surface area (Å²) < 4.78 is 17.5. The molecule has 3 aromatic rings. The minimum Gasteiger partial charge on any atom is -0.490 e. The molecule has 0 aliphatic rings. The van der Waals surface area contributed by atoms with E-state index in [1.54, 1.807) is 30.5 Å². The van der Waals surface area contributed by atoms with Crippen LogP contribution in [0.2, 0.25) is 10.0 Å². The largest absolute Gasteiger partial charge is 0.490 e. The van der Waals surface area contributed by atoms with Gasteiger partial charge in [-0.05, 0) is 32.9 Å². The molecule has 0 saturated heterocycles. The van der Waals surface area contributed by atoms with Crippen molar-refractivity contribution < 1.29 is 14.2 Å². The molecule has 0 aliphatic carbocycles. The maximum absolute atomic E-state index is 6.20. The third kappa shape index (κ3) is 4.86. The average Bonchev–Trinajstić information content (AvgIpc) is 2.72. The number of nitrogens with one attached hydrogen (secondary N) is 1. The van der Waals surface area contributed by atoms with Crippen LogP contribution in [0.4, 0.5) is 5.82 Å². The number of nitrogens with zero attached hydrogens (tertiary/aromatic N) is 3. The Kier molecular flexibility index (Phi) is 7.54. The molecule has 7 nitrogen and oxygen atoms in total. The van der Waals surface area contributed by atoms with E-state index in [1.165, 1.54) is 6.33 Å². The van der Waals surface area contributed by atoms with E-state index in [0.717, 1.165) is 0 Å². The molecule has 1 N–H and O–H groups in total. The summed E-state index contributed by atoms with van der Waals surface area (Å²) in [5, 5.41) is 5.96. The number of hydrazone groups is 1. The Balaban J connectivity index is 2.06. The molecule has 1 heterocycles. The number of halogens is 2. The van der Waals surface area contributed by atoms with Crippen molar-refractivity contribution in [2.24, 2.45) is 5.10 Å². The Hall–Kier alpha value is -2.77. The molecule has 2 aromatic carbocycles. The number of fused-ring (bicyclic) bond motifs is 1. The van der Waals surface area contributed by atoms with Crippen LogP contribution in [0.1, 0.15) is 26.3 Å². The first-order chi connectivity index (χ1) is 14.6. The van der Waals surface area contributed by atoms with Crippen LogP contribution in [0.5, 0.6) is 17.2 Å². The molecule has 0 radical (unpaired) electrons. The van der Waals surface area contributed by atoms with Crippen molar-refractivity contribution in [2.75, 3.05) is 25.2 Å². The highest BCUT2D eigenvalue weighted by atomic mass is 35.5. The molecule has 0 amide bonds. The van der Waals surface area contributed by atoms with E-state index in [9.17, 15) is 0 Å². The van der Waals surface area contributed by atoms with Gasteiger partial charge in [0.15, 0.2) is 17.3 Å². The van der Waals surface area contributed by atoms with Crippen LogP contribution in [-0.2, 0) is 0 Å². The smallest absolute Gasteiger partial charge is 0.204 e. The standard InChI is InChI=1S/C21H22Cl2N4O3/c1-4-28-17-10-16-18(20(30-6-3)19(17)29-5-2)21(25-12-24-16)27-26-11-13-7-8-14(22)9-15(13)23/h7-12H,4-6H2,1-3H3,(H,24,25,27)/b26-11+. The minimum atomic E-state index is 0.433. The minimum absolute atomic E-state index is 0.433. The van der Waals surface area contributed by atoms with Crippen molar-refractivity contribution in [3.8, 4) is 17.2 Å². The summed E-state index contributed by atoms with van der Waals surface area (Å²) in [6.07, 6.45) is 3.03. The van der Waals surface area contributed by atoms with Gasteiger partial charge in [-0.2, -0.15) is 5.10 Å². The van der Waals surface area contributed by atoms with Gasteiger partial charge in [-0.3, -0.25) is 5.43 Å². The zero-order valence-electron chi connectivity index (χ0n) is 16.9. The summed E-state index contributed by atoms with van der Waals surface area (Å²) in [5.74, 6) is 2.05. The molecule has 158 valence electrons. The van der Waals surface area contributed by atoms with Crippen molar-refractivity contribution in [1.29, 1.82) is 0 Å². The van der Waals surface area contributed by atoms with E-state index in [4.69, 9.17) is 37.4 Å². The quantitative estimate of drug-likeness (QED) is 0.340. The number of aromatic nitrogens is 2. The van der Waals surface area contributed by atoms with Crippen LogP contribution in [0.3, 0.4) is 0 Å². The van der Waals surface area contributed by atoms with Gasteiger partial charge in [-0.1, -0.05) is 29.3 Å². The fourth-order valence-electron chi connectivity index (χ4n) is 2.83. The third-order valence-electron chi connectivity index (χ3n) is 4.02. The summed E-state index contributed by atoms with van der Waals surface area (Å²) in [5.41, 5.74) is 4.30. The fourth-order valence-corrected chi connectivity index (χ4v) is 3.28. The Labute approximate surface area is 185 Å². The highest BCUT2D eigenvalue weighted by Crippen LogP contribution is 2.45. The van der Waals surface area contributed by atoms with E-state index in [0.29, 0.717) is 69.4 Å². The van der Waals surface area contributed by atoms with E-state index in [-0.39, 0.29) is 0 Å². The number of benzene rings is 2. The molecule has 1 aromatic heterocycles. The summed E-state index contributed by atoms with van der Waals surface area (Å²) in [6, 6.07) is 6.98. The summed E-state index contributed by atoms with van der Waals surface area (Å²) in [4.78, 5) is 8.69. The van der Waals surface area contributed by atoms with Gasteiger partial charge in [-0.15, -0.1) is 0 Å². The average molecular weight is 449 g/mol. The second-order valence-electron chi connectivity index (χ2n) is 5.98. The monoisotopic (exact) mass is 448 g/mol. The maximum atomic E-state index is 6.20. The second-order valence-corrected chi connectivity index (χ2v) is 6.83. The van der Waals surface area contributed by atoms with E-state index < -0.39 is 0 Å². The normalized spacial score (nSPS) is 11.1. The van der Waals surface area contributed by atoms with Crippen LogP contribution >= 0.6 is 23.2 Å². The first-order valence-corrected chi connectivity index (χ1v) is 10.3. The van der Waals surface area contributed by atoms with E-state index in [1.807, 2.05) is 20.8 Å². The van der Waals surface area contributed by atoms with Crippen LogP contribution in [0.25, 0.3) is 10.9 Å². The van der Waals surface area contributed by atoms with Gasteiger partial charge in [0.1, 0.15) is 6.33 Å². The molecule has 0 unspecified atom stereocenters. The van der Waals surface area contributed by atoms with Gasteiger partial charge in [-0.25, -0.2) is 9.97 Å². The molecule has 0 fully saturated rings. The SMILES string of the molecule is CCOc1cc2ncnc(N/N=C/c3ccc(Cl)cc3Cl)c2c(OCC)c1OCC. The number of rotatable bonds is 9. The molecule has 3 rings (SSSR count). The third-order valence-corrected chi connectivity index (χ3v) is 4.58. The molecule has 0 aliphatic heterocycles. The molecular formula is C21H22Cl2N4O3. The zero-order valence-corrected chi connectivity index (χ0v) is 18.4. The predicted octanol–water partition coefficient (Wildman–Crippen LogP) is 5.58. The maximum Gasteiger partial charge on any atom is 0.204 e. The number of ether oxygens (including phenoxy) is 3. The summed E-state index contributed by atoms with van der Waals surface area (Å²) in [7, 11) is 0. The van der Waals surface area contributed by atoms with E-state index >= 15 is 0 Å². The van der Waals surface area contributed by atoms with Crippen molar-refractivity contribution >= 4 is 46.1 Å². The van der Waals surface area contributed by atoms with Gasteiger partial charge in [0.25, 0.3) is 0 Å². The molecule has 0 bridgehead atoms. The van der Waals surface area contributed by atoms with Crippen molar-refractivity contribution in [1.82, 2.24) is 9.97 Å². The lowest BCUT2D eigenvalue weighted by Gasteiger charge is -2.18. The summed E-state index contributed by atoms with van der Waals surface area (Å²) in [6.45, 7) is 7.07. The number of anilines is 1. The highest BCUT2D eigenvalue weighted by Gasteiger charge is 2.21. The lowest BCUT2D eigenvalue weighted by atomic mass is 10.1. The van der Waals surface area contributed by atoms with Crippen molar-refractivity contribution in [3.63, 3.8) is 0 Å². The van der Waals surface area contributed by atoms with Crippen LogP contribution in [0, 0.1) is 0 Å². The van der Waals surface area contributed by atoms with Crippen LogP contribution in [0.15, 0.2) is 35.7 Å². The zero-order chi connectivity index (χ0) is 21.5. The highest BCUT2D eigenvalue weighted by molar-refractivity contribution is 6.36. The van der Waals surface area contributed by atoms with E-state index in [2.05, 4.69) is 20.5 Å². The van der Waals surface area contributed by atoms with Crippen LogP contribution in [-0.4, -0.2) is 36.0 Å². The summed E-state index contributed by atoms with van der Waals surface area (Å²) >= 11 is 12.1. The first-order valence-electron chi connectivity index (χ1n) is 9.53. The van der Waals surface area contributed by atoms with Gasteiger partial charge < -0.3 is 14.2 Å². The lowest BCUT2D eigenvalue weighted by molar-refractivity contribution is 0.263. The number of hydrogen-bond donors (Lipinski definition) is 1. The van der Waals surface area contributed by atoms with Crippen molar-refractivity contribution in [2.45, 2.75) is 20.8 Å². The fraction of sp³-hybridized carbons (Fsp3) is 0.286. The Morgan fingerprint density at radius 2 is 1.70 bits per heavy atom. The Morgan fingerprint density at radius 3 is 2.40 bits per heavy atom. The Morgan fingerprint density at radius 1 is 0.967 bits per heavy atom. The lowest BCUT2D eigenvalue weighted by Crippen LogP contribution is -2.05. The first kappa shape index (κ1) is 21.9. The van der Waals surface area contributed by atoms with Crippen LogP contribution < -0.4 is 19.6 Å².